The highest BCUT2D eigenvalue weighted by Gasteiger charge is 2.22. The van der Waals surface area contributed by atoms with E-state index in [1.807, 2.05) is 19.9 Å². The maximum Gasteiger partial charge on any atom is 0.394 e. The van der Waals surface area contributed by atoms with Gasteiger partial charge in [0, 0.05) is 13.1 Å². The molecule has 0 fully saturated rings. The molecule has 0 spiro atoms. The van der Waals surface area contributed by atoms with Crippen molar-refractivity contribution in [2.75, 3.05) is 13.1 Å². The largest absolute Gasteiger partial charge is 0.474 e. The van der Waals surface area contributed by atoms with Gasteiger partial charge in [-0.25, -0.2) is 4.79 Å². The quantitative estimate of drug-likeness (QED) is 0.794. The van der Waals surface area contributed by atoms with Crippen LogP contribution in [0.3, 0.4) is 0 Å². The summed E-state index contributed by atoms with van der Waals surface area (Å²) in [5.74, 6) is -2.19. The van der Waals surface area contributed by atoms with Crippen molar-refractivity contribution >= 4 is 11.9 Å². The number of carboxylic acids is 1. The molecule has 0 radical (unpaired) electrons. The van der Waals surface area contributed by atoms with Crippen LogP contribution in [-0.2, 0) is 9.59 Å². The van der Waals surface area contributed by atoms with Gasteiger partial charge in [0.15, 0.2) is 0 Å². The molecule has 0 saturated heterocycles. The lowest BCUT2D eigenvalue weighted by Crippen LogP contribution is -2.40. The molecule has 106 valence electrons. The predicted molar refractivity (Wildman–Crippen MR) is 74.6 cm³/mol. The summed E-state index contributed by atoms with van der Waals surface area (Å²) >= 11 is 0. The van der Waals surface area contributed by atoms with Gasteiger partial charge in [0.05, 0.1) is 11.6 Å². The van der Waals surface area contributed by atoms with Crippen molar-refractivity contribution in [2.45, 2.75) is 20.3 Å². The third-order valence-electron chi connectivity index (χ3n) is 2.73. The Kier molecular flexibility index (Phi) is 5.73. The first-order chi connectivity index (χ1) is 9.43. The maximum absolute atomic E-state index is 11.7. The fourth-order valence-electron chi connectivity index (χ4n) is 1.94. The molecule has 0 aliphatic heterocycles. The van der Waals surface area contributed by atoms with E-state index < -0.39 is 11.9 Å². The lowest BCUT2D eigenvalue weighted by Gasteiger charge is -2.23. The molecule has 1 aliphatic rings. The van der Waals surface area contributed by atoms with Crippen molar-refractivity contribution in [1.29, 1.82) is 5.26 Å². The zero-order valence-corrected chi connectivity index (χ0v) is 11.7. The van der Waals surface area contributed by atoms with Gasteiger partial charge in [0.1, 0.15) is 0 Å². The Morgan fingerprint density at radius 1 is 1.50 bits per heavy atom. The molecule has 0 aromatic carbocycles. The summed E-state index contributed by atoms with van der Waals surface area (Å²) in [6.45, 7) is 4.44. The number of carbonyl (C=O) groups excluding carboxylic acids is 1. The van der Waals surface area contributed by atoms with Crippen LogP contribution in [0, 0.1) is 17.2 Å². The molecule has 0 bridgehead atoms. The van der Waals surface area contributed by atoms with E-state index in [9.17, 15) is 9.59 Å². The highest BCUT2D eigenvalue weighted by Crippen LogP contribution is 2.14. The molecule has 5 heteroatoms. The zero-order valence-electron chi connectivity index (χ0n) is 11.7. The number of carbonyl (C=O) groups is 2. The van der Waals surface area contributed by atoms with Gasteiger partial charge in [-0.05, 0) is 30.1 Å². The molecule has 0 aromatic rings. The van der Waals surface area contributed by atoms with E-state index >= 15 is 0 Å². The van der Waals surface area contributed by atoms with Gasteiger partial charge in [-0.3, -0.25) is 4.79 Å². The fourth-order valence-corrected chi connectivity index (χ4v) is 1.94. The Balaban J connectivity index is 2.90. The van der Waals surface area contributed by atoms with Gasteiger partial charge in [-0.15, -0.1) is 0 Å². The molecule has 0 unspecified atom stereocenters. The van der Waals surface area contributed by atoms with Gasteiger partial charge in [0.2, 0.25) is 0 Å². The number of allylic oxidation sites excluding steroid dienone is 5. The van der Waals surface area contributed by atoms with Crippen LogP contribution in [0.15, 0.2) is 35.5 Å². The highest BCUT2D eigenvalue weighted by atomic mass is 16.4. The zero-order chi connectivity index (χ0) is 15.1. The van der Waals surface area contributed by atoms with Gasteiger partial charge in [-0.1, -0.05) is 26.0 Å². The van der Waals surface area contributed by atoms with E-state index in [-0.39, 0.29) is 12.5 Å². The SMILES string of the molecule is CC(C)CN(CC1=CC(C#N)=CC=CC1)C(=O)C(=O)O. The average Bonchev–Trinajstić information content (AvgIpc) is 2.61. The first-order valence-electron chi connectivity index (χ1n) is 6.42. The smallest absolute Gasteiger partial charge is 0.394 e. The molecule has 0 atom stereocenters. The topological polar surface area (TPSA) is 81.4 Å². The van der Waals surface area contributed by atoms with E-state index in [1.165, 1.54) is 4.90 Å². The van der Waals surface area contributed by atoms with Crippen LogP contribution in [0.4, 0.5) is 0 Å². The minimum Gasteiger partial charge on any atom is -0.474 e. The molecular formula is C15H18N2O3. The summed E-state index contributed by atoms with van der Waals surface area (Å²) in [7, 11) is 0. The predicted octanol–water partition coefficient (Wildman–Crippen LogP) is 1.89. The molecule has 1 amide bonds. The average molecular weight is 274 g/mol. The first-order valence-corrected chi connectivity index (χ1v) is 6.42. The number of aliphatic carboxylic acids is 1. The second-order valence-electron chi connectivity index (χ2n) is 5.05. The molecule has 5 nitrogen and oxygen atoms in total. The summed E-state index contributed by atoms with van der Waals surface area (Å²) in [5.41, 5.74) is 1.35. The van der Waals surface area contributed by atoms with E-state index in [0.29, 0.717) is 18.5 Å². The summed E-state index contributed by atoms with van der Waals surface area (Å²) in [5, 5.41) is 17.8. The van der Waals surface area contributed by atoms with Gasteiger partial charge < -0.3 is 10.0 Å². The summed E-state index contributed by atoms with van der Waals surface area (Å²) in [4.78, 5) is 23.9. The first kappa shape index (κ1) is 15.7. The Bertz CT molecular complexity index is 522. The molecule has 0 aromatic heterocycles. The minimum atomic E-state index is -1.45. The Labute approximate surface area is 118 Å². The van der Waals surface area contributed by atoms with Crippen molar-refractivity contribution < 1.29 is 14.7 Å². The number of hydrogen-bond acceptors (Lipinski definition) is 3. The van der Waals surface area contributed by atoms with Gasteiger partial charge in [-0.2, -0.15) is 5.26 Å². The van der Waals surface area contributed by atoms with Crippen LogP contribution in [0.25, 0.3) is 0 Å². The van der Waals surface area contributed by atoms with E-state index in [2.05, 4.69) is 6.07 Å². The second-order valence-corrected chi connectivity index (χ2v) is 5.05. The maximum atomic E-state index is 11.7. The van der Waals surface area contributed by atoms with Crippen molar-refractivity contribution in [3.8, 4) is 6.07 Å². The Hall–Kier alpha value is -2.35. The standard InChI is InChI=1S/C15H18N2O3/c1-11(2)9-17(14(18)15(19)20)10-13-6-4-3-5-12(7-13)8-16/h3-5,7,11H,6,9-10H2,1-2H3,(H,19,20). The van der Waals surface area contributed by atoms with E-state index in [4.69, 9.17) is 10.4 Å². The number of hydrogen-bond donors (Lipinski definition) is 1. The van der Waals surface area contributed by atoms with Crippen molar-refractivity contribution in [1.82, 2.24) is 4.90 Å². The number of amides is 1. The van der Waals surface area contributed by atoms with Gasteiger partial charge >= 0.3 is 11.9 Å². The molecular weight excluding hydrogens is 256 g/mol. The van der Waals surface area contributed by atoms with Crippen LogP contribution in [0.2, 0.25) is 0 Å². The van der Waals surface area contributed by atoms with Crippen LogP contribution < -0.4 is 0 Å². The number of carboxylic acid groups (broad SMARTS) is 1. The van der Waals surface area contributed by atoms with Crippen molar-refractivity contribution in [3.05, 3.63) is 35.5 Å². The normalized spacial score (nSPS) is 14.1. The summed E-state index contributed by atoms with van der Waals surface area (Å²) < 4.78 is 0. The molecule has 0 saturated carbocycles. The summed E-state index contributed by atoms with van der Waals surface area (Å²) in [6.07, 6.45) is 7.67. The molecule has 1 N–H and O–H groups in total. The van der Waals surface area contributed by atoms with E-state index in [0.717, 1.165) is 5.57 Å². The second kappa shape index (κ2) is 7.29. The number of rotatable bonds is 4. The Morgan fingerprint density at radius 3 is 2.75 bits per heavy atom. The lowest BCUT2D eigenvalue weighted by atomic mass is 10.1. The number of nitrogens with zero attached hydrogens (tertiary/aromatic N) is 2. The van der Waals surface area contributed by atoms with Crippen LogP contribution in [0.1, 0.15) is 20.3 Å². The van der Waals surface area contributed by atoms with Crippen LogP contribution >= 0.6 is 0 Å². The highest BCUT2D eigenvalue weighted by molar-refractivity contribution is 6.31. The fraction of sp³-hybridized carbons (Fsp3) is 0.400. The molecule has 1 rings (SSSR count). The monoisotopic (exact) mass is 274 g/mol. The minimum absolute atomic E-state index is 0.172. The summed E-state index contributed by atoms with van der Waals surface area (Å²) in [6, 6.07) is 2.05. The van der Waals surface area contributed by atoms with Crippen LogP contribution in [-0.4, -0.2) is 35.0 Å². The third-order valence-corrected chi connectivity index (χ3v) is 2.73. The molecule has 20 heavy (non-hydrogen) atoms. The van der Waals surface area contributed by atoms with Crippen LogP contribution in [0.5, 0.6) is 0 Å². The lowest BCUT2D eigenvalue weighted by molar-refractivity contribution is -0.155. The van der Waals surface area contributed by atoms with Crippen molar-refractivity contribution in [2.24, 2.45) is 5.92 Å². The Morgan fingerprint density at radius 2 is 2.20 bits per heavy atom. The number of nitriles is 1. The third kappa shape index (κ3) is 4.73. The van der Waals surface area contributed by atoms with Gasteiger partial charge in [0.25, 0.3) is 0 Å². The molecule has 0 heterocycles. The molecule has 1 aliphatic carbocycles. The van der Waals surface area contributed by atoms with E-state index in [1.54, 1.807) is 18.2 Å². The van der Waals surface area contributed by atoms with Crippen molar-refractivity contribution in [3.63, 3.8) is 0 Å².